The molecule has 4 heteroatoms. The molecule has 2 rings (SSSR count). The number of nitrogens with one attached hydrogen (secondary N) is 1. The van der Waals surface area contributed by atoms with E-state index in [0.717, 1.165) is 26.1 Å². The molecule has 3 N–H and O–H groups in total. The molecule has 0 saturated heterocycles. The van der Waals surface area contributed by atoms with Gasteiger partial charge in [0, 0.05) is 31.1 Å². The van der Waals surface area contributed by atoms with Crippen molar-refractivity contribution in [1.82, 2.24) is 10.3 Å². The number of hydrogen-bond donors (Lipinski definition) is 2. The van der Waals surface area contributed by atoms with Gasteiger partial charge >= 0.3 is 0 Å². The Morgan fingerprint density at radius 2 is 2.06 bits per heavy atom. The van der Waals surface area contributed by atoms with Gasteiger partial charge in [0.2, 0.25) is 0 Å². The molecule has 0 atom stereocenters. The zero-order valence-corrected chi connectivity index (χ0v) is 12.0. The number of nitrogens with zero attached hydrogens (tertiary/aromatic N) is 1. The fraction of sp³-hybridized carbons (Fsp3) is 0.786. The predicted octanol–water partition coefficient (Wildman–Crippen LogP) is 2.57. The molecule has 1 aliphatic carbocycles. The average molecular weight is 267 g/mol. The van der Waals surface area contributed by atoms with Crippen LogP contribution in [0.15, 0.2) is 11.6 Å². The molecule has 1 saturated carbocycles. The Bertz CT molecular complexity index is 316. The first-order valence-electron chi connectivity index (χ1n) is 7.14. The second-order valence-corrected chi connectivity index (χ2v) is 6.45. The minimum Gasteiger partial charge on any atom is -0.330 e. The van der Waals surface area contributed by atoms with Crippen molar-refractivity contribution in [2.75, 3.05) is 19.6 Å². The molecule has 102 valence electrons. The van der Waals surface area contributed by atoms with E-state index in [-0.39, 0.29) is 0 Å². The number of thiazole rings is 1. The lowest BCUT2D eigenvalue weighted by molar-refractivity contribution is 0.243. The highest BCUT2D eigenvalue weighted by Crippen LogP contribution is 2.33. The van der Waals surface area contributed by atoms with Crippen LogP contribution >= 0.6 is 11.3 Å². The second kappa shape index (κ2) is 7.22. The zero-order valence-electron chi connectivity index (χ0n) is 11.2. The quantitative estimate of drug-likeness (QED) is 0.615. The Labute approximate surface area is 114 Å². The highest BCUT2D eigenvalue weighted by molar-refractivity contribution is 7.09. The van der Waals surface area contributed by atoms with Crippen LogP contribution in [-0.4, -0.2) is 24.6 Å². The Morgan fingerprint density at radius 3 is 2.67 bits per heavy atom. The number of aromatic nitrogens is 1. The van der Waals surface area contributed by atoms with Crippen molar-refractivity contribution in [3.63, 3.8) is 0 Å². The Hall–Kier alpha value is -0.450. The van der Waals surface area contributed by atoms with Crippen LogP contribution in [-0.2, 0) is 6.42 Å². The topological polar surface area (TPSA) is 50.9 Å². The number of rotatable bonds is 6. The number of hydrogen-bond acceptors (Lipinski definition) is 4. The molecule has 0 spiro atoms. The van der Waals surface area contributed by atoms with Gasteiger partial charge in [0.25, 0.3) is 0 Å². The maximum absolute atomic E-state index is 6.03. The highest BCUT2D eigenvalue weighted by atomic mass is 32.1. The lowest BCUT2D eigenvalue weighted by atomic mass is 9.80. The summed E-state index contributed by atoms with van der Waals surface area (Å²) in [4.78, 5) is 4.31. The summed E-state index contributed by atoms with van der Waals surface area (Å²) in [7, 11) is 0. The van der Waals surface area contributed by atoms with E-state index in [1.54, 1.807) is 11.3 Å². The Morgan fingerprint density at radius 1 is 1.28 bits per heavy atom. The van der Waals surface area contributed by atoms with E-state index < -0.39 is 0 Å². The Kier molecular flexibility index (Phi) is 5.60. The molecule has 0 aromatic carbocycles. The molecule has 1 aromatic heterocycles. The lowest BCUT2D eigenvalue weighted by Gasteiger charge is -2.31. The molecule has 1 fully saturated rings. The van der Waals surface area contributed by atoms with E-state index in [2.05, 4.69) is 10.3 Å². The van der Waals surface area contributed by atoms with Gasteiger partial charge in [-0.15, -0.1) is 11.3 Å². The molecule has 1 aliphatic rings. The van der Waals surface area contributed by atoms with E-state index in [1.807, 2.05) is 11.6 Å². The molecule has 0 radical (unpaired) electrons. The largest absolute Gasteiger partial charge is 0.330 e. The van der Waals surface area contributed by atoms with Crippen molar-refractivity contribution in [2.24, 2.45) is 11.1 Å². The molecular weight excluding hydrogens is 242 g/mol. The van der Waals surface area contributed by atoms with Crippen molar-refractivity contribution in [2.45, 2.75) is 44.9 Å². The van der Waals surface area contributed by atoms with Crippen LogP contribution in [0.25, 0.3) is 0 Å². The fourth-order valence-corrected chi connectivity index (χ4v) is 3.48. The van der Waals surface area contributed by atoms with Crippen molar-refractivity contribution < 1.29 is 0 Å². The minimum atomic E-state index is 0.360. The van der Waals surface area contributed by atoms with Crippen molar-refractivity contribution in [1.29, 1.82) is 0 Å². The van der Waals surface area contributed by atoms with Crippen LogP contribution < -0.4 is 11.1 Å². The molecule has 0 bridgehead atoms. The van der Waals surface area contributed by atoms with E-state index >= 15 is 0 Å². The summed E-state index contributed by atoms with van der Waals surface area (Å²) in [5, 5.41) is 6.87. The molecule has 1 aromatic rings. The average Bonchev–Trinajstić information content (AvgIpc) is 2.80. The Balaban J connectivity index is 1.72. The van der Waals surface area contributed by atoms with Gasteiger partial charge in [-0.2, -0.15) is 0 Å². The van der Waals surface area contributed by atoms with Crippen LogP contribution in [0.3, 0.4) is 0 Å². The van der Waals surface area contributed by atoms with Crippen molar-refractivity contribution in [3.8, 4) is 0 Å². The summed E-state index contributed by atoms with van der Waals surface area (Å²) >= 11 is 1.74. The van der Waals surface area contributed by atoms with Gasteiger partial charge in [-0.1, -0.05) is 25.7 Å². The summed E-state index contributed by atoms with van der Waals surface area (Å²) in [6.07, 6.45) is 11.0. The fourth-order valence-electron chi connectivity index (χ4n) is 2.86. The van der Waals surface area contributed by atoms with E-state index in [4.69, 9.17) is 5.73 Å². The standard InChI is InChI=1S/C14H25N3S/c15-11-14(6-3-1-2-4-7-14)12-16-8-5-13-17-9-10-18-13/h9-10,16H,1-8,11-12,15H2. The van der Waals surface area contributed by atoms with Gasteiger partial charge in [0.05, 0.1) is 5.01 Å². The van der Waals surface area contributed by atoms with Gasteiger partial charge in [-0.05, 0) is 24.8 Å². The molecule has 18 heavy (non-hydrogen) atoms. The SMILES string of the molecule is NCC1(CNCCc2nccs2)CCCCCC1. The first kappa shape index (κ1) is 14.0. The van der Waals surface area contributed by atoms with Crippen molar-refractivity contribution in [3.05, 3.63) is 16.6 Å². The molecule has 1 heterocycles. The molecular formula is C14H25N3S. The normalized spacial score (nSPS) is 19.6. The number of nitrogens with two attached hydrogens (primary N) is 1. The molecule has 0 amide bonds. The zero-order chi connectivity index (χ0) is 12.7. The van der Waals surface area contributed by atoms with Crippen LogP contribution in [0.5, 0.6) is 0 Å². The summed E-state index contributed by atoms with van der Waals surface area (Å²) in [6, 6.07) is 0. The molecule has 0 unspecified atom stereocenters. The molecule has 0 aliphatic heterocycles. The second-order valence-electron chi connectivity index (χ2n) is 5.47. The highest BCUT2D eigenvalue weighted by Gasteiger charge is 2.28. The van der Waals surface area contributed by atoms with Crippen LogP contribution in [0.1, 0.15) is 43.5 Å². The maximum Gasteiger partial charge on any atom is 0.0937 e. The van der Waals surface area contributed by atoms with Gasteiger partial charge < -0.3 is 11.1 Å². The first-order valence-corrected chi connectivity index (χ1v) is 8.02. The summed E-state index contributed by atoms with van der Waals surface area (Å²) < 4.78 is 0. The van der Waals surface area contributed by atoms with Gasteiger partial charge in [0.1, 0.15) is 0 Å². The van der Waals surface area contributed by atoms with Crippen LogP contribution in [0.4, 0.5) is 0 Å². The third-order valence-corrected chi connectivity index (χ3v) is 4.94. The maximum atomic E-state index is 6.03. The minimum absolute atomic E-state index is 0.360. The van der Waals surface area contributed by atoms with Gasteiger partial charge in [0.15, 0.2) is 0 Å². The summed E-state index contributed by atoms with van der Waals surface area (Å²) in [5.41, 5.74) is 6.39. The third kappa shape index (κ3) is 4.04. The third-order valence-electron chi connectivity index (χ3n) is 4.10. The summed E-state index contributed by atoms with van der Waals surface area (Å²) in [6.45, 7) is 2.93. The van der Waals surface area contributed by atoms with Crippen LogP contribution in [0.2, 0.25) is 0 Å². The van der Waals surface area contributed by atoms with Gasteiger partial charge in [-0.25, -0.2) is 4.98 Å². The van der Waals surface area contributed by atoms with E-state index in [1.165, 1.54) is 43.5 Å². The molecule has 3 nitrogen and oxygen atoms in total. The van der Waals surface area contributed by atoms with Gasteiger partial charge in [-0.3, -0.25) is 0 Å². The van der Waals surface area contributed by atoms with Crippen LogP contribution in [0, 0.1) is 5.41 Å². The van der Waals surface area contributed by atoms with Crippen molar-refractivity contribution >= 4 is 11.3 Å². The van der Waals surface area contributed by atoms with E-state index in [9.17, 15) is 0 Å². The van der Waals surface area contributed by atoms with E-state index in [0.29, 0.717) is 5.41 Å². The smallest absolute Gasteiger partial charge is 0.0937 e. The summed E-state index contributed by atoms with van der Waals surface area (Å²) in [5.74, 6) is 0. The monoisotopic (exact) mass is 267 g/mol. The predicted molar refractivity (Wildman–Crippen MR) is 77.9 cm³/mol. The first-order chi connectivity index (χ1) is 8.85. The lowest BCUT2D eigenvalue weighted by Crippen LogP contribution is -2.40.